The number of benzene rings is 2. The number of urea groups is 1. The lowest BCUT2D eigenvalue weighted by Gasteiger charge is -2.23. The Kier molecular flexibility index (Phi) is 3.83. The number of imide groups is 1. The second kappa shape index (κ2) is 5.70. The van der Waals surface area contributed by atoms with Gasteiger partial charge in [-0.15, -0.1) is 0 Å². The number of hydrogen-bond donors (Lipinski definition) is 1. The summed E-state index contributed by atoms with van der Waals surface area (Å²) in [6.45, 7) is 3.37. The van der Waals surface area contributed by atoms with E-state index in [2.05, 4.69) is 5.32 Å². The van der Waals surface area contributed by atoms with E-state index in [0.29, 0.717) is 0 Å². The molecule has 3 rings (SSSR count). The van der Waals surface area contributed by atoms with Crippen LogP contribution in [0, 0.1) is 18.6 Å². The zero-order valence-electron chi connectivity index (χ0n) is 13.3. The van der Waals surface area contributed by atoms with Crippen molar-refractivity contribution in [3.8, 4) is 0 Å². The molecule has 0 bridgehead atoms. The number of aryl methyl sites for hydroxylation is 1. The van der Waals surface area contributed by atoms with E-state index in [4.69, 9.17) is 0 Å². The van der Waals surface area contributed by atoms with Crippen molar-refractivity contribution < 1.29 is 18.4 Å². The van der Waals surface area contributed by atoms with Crippen molar-refractivity contribution in [3.63, 3.8) is 0 Å². The summed E-state index contributed by atoms with van der Waals surface area (Å²) in [6, 6.07) is 9.59. The van der Waals surface area contributed by atoms with E-state index >= 15 is 0 Å². The van der Waals surface area contributed by atoms with Gasteiger partial charge in [-0.2, -0.15) is 0 Å². The van der Waals surface area contributed by atoms with Gasteiger partial charge in [0.15, 0.2) is 0 Å². The maximum atomic E-state index is 14.1. The number of hydrogen-bond acceptors (Lipinski definition) is 2. The van der Waals surface area contributed by atoms with Crippen molar-refractivity contribution in [1.29, 1.82) is 0 Å². The third kappa shape index (κ3) is 2.64. The highest BCUT2D eigenvalue weighted by atomic mass is 19.1. The summed E-state index contributed by atoms with van der Waals surface area (Å²) in [6.07, 6.45) is 0. The smallest absolute Gasteiger partial charge is 0.319 e. The molecule has 1 aliphatic heterocycles. The summed E-state index contributed by atoms with van der Waals surface area (Å²) >= 11 is 0. The number of rotatable bonds is 3. The highest BCUT2D eigenvalue weighted by Gasteiger charge is 2.50. The quantitative estimate of drug-likeness (QED) is 0.879. The van der Waals surface area contributed by atoms with Crippen molar-refractivity contribution in [2.24, 2.45) is 0 Å². The second-order valence-corrected chi connectivity index (χ2v) is 6.06. The van der Waals surface area contributed by atoms with Crippen LogP contribution in [0.3, 0.4) is 0 Å². The minimum Gasteiger partial charge on any atom is -0.319 e. The highest BCUT2D eigenvalue weighted by Crippen LogP contribution is 2.32. The van der Waals surface area contributed by atoms with Gasteiger partial charge in [-0.05, 0) is 37.6 Å². The third-order valence-electron chi connectivity index (χ3n) is 4.20. The van der Waals surface area contributed by atoms with Crippen LogP contribution in [0.4, 0.5) is 13.6 Å². The Morgan fingerprint density at radius 3 is 2.42 bits per heavy atom. The van der Waals surface area contributed by atoms with Crippen molar-refractivity contribution in [1.82, 2.24) is 10.2 Å². The zero-order valence-corrected chi connectivity index (χ0v) is 13.3. The molecule has 0 spiro atoms. The molecular formula is C18H16F2N2O2. The molecule has 0 aliphatic carbocycles. The van der Waals surface area contributed by atoms with Gasteiger partial charge in [-0.25, -0.2) is 13.6 Å². The zero-order chi connectivity index (χ0) is 17.5. The Labute approximate surface area is 138 Å². The maximum absolute atomic E-state index is 14.1. The van der Waals surface area contributed by atoms with Crippen LogP contribution in [0.1, 0.15) is 23.6 Å². The molecule has 24 heavy (non-hydrogen) atoms. The van der Waals surface area contributed by atoms with Gasteiger partial charge in [0.05, 0.1) is 6.54 Å². The largest absolute Gasteiger partial charge is 0.325 e. The predicted octanol–water partition coefficient (Wildman–Crippen LogP) is 3.24. The molecule has 0 unspecified atom stereocenters. The van der Waals surface area contributed by atoms with Gasteiger partial charge in [-0.1, -0.05) is 29.8 Å². The molecule has 0 saturated carbocycles. The van der Waals surface area contributed by atoms with E-state index in [9.17, 15) is 18.4 Å². The number of amides is 3. The summed E-state index contributed by atoms with van der Waals surface area (Å²) in [5, 5.41) is 2.48. The minimum atomic E-state index is -1.63. The number of nitrogens with zero attached hydrogens (tertiary/aromatic N) is 1. The van der Waals surface area contributed by atoms with Gasteiger partial charge < -0.3 is 5.32 Å². The predicted molar refractivity (Wildman–Crippen MR) is 84.0 cm³/mol. The van der Waals surface area contributed by atoms with E-state index in [1.165, 1.54) is 6.92 Å². The Bertz CT molecular complexity index is 820. The molecule has 1 aliphatic rings. The highest BCUT2D eigenvalue weighted by molar-refractivity contribution is 6.07. The molecule has 1 fully saturated rings. The van der Waals surface area contributed by atoms with E-state index in [0.717, 1.165) is 34.2 Å². The average Bonchev–Trinajstić information content (AvgIpc) is 2.76. The number of carbonyl (C=O) groups excluding carboxylic acids is 2. The Hall–Kier alpha value is -2.76. The van der Waals surface area contributed by atoms with Crippen molar-refractivity contribution in [2.45, 2.75) is 25.9 Å². The van der Waals surface area contributed by atoms with Crippen LogP contribution < -0.4 is 5.32 Å². The van der Waals surface area contributed by atoms with E-state index in [1.54, 1.807) is 0 Å². The molecule has 1 N–H and O–H groups in total. The van der Waals surface area contributed by atoms with Crippen LogP contribution in [-0.2, 0) is 16.9 Å². The first kappa shape index (κ1) is 16.1. The van der Waals surface area contributed by atoms with Gasteiger partial charge in [0.1, 0.15) is 17.2 Å². The van der Waals surface area contributed by atoms with Crippen LogP contribution in [-0.4, -0.2) is 16.8 Å². The number of carbonyl (C=O) groups is 2. The van der Waals surface area contributed by atoms with Gasteiger partial charge in [-0.3, -0.25) is 9.69 Å². The molecule has 3 amide bonds. The molecule has 2 aromatic rings. The van der Waals surface area contributed by atoms with Crippen molar-refractivity contribution in [3.05, 3.63) is 70.8 Å². The Morgan fingerprint density at radius 2 is 1.75 bits per heavy atom. The van der Waals surface area contributed by atoms with Crippen LogP contribution in [0.2, 0.25) is 0 Å². The summed E-state index contributed by atoms with van der Waals surface area (Å²) in [4.78, 5) is 26.0. The molecule has 124 valence electrons. The van der Waals surface area contributed by atoms with E-state index < -0.39 is 29.1 Å². The Balaban J connectivity index is 1.93. The number of nitrogens with one attached hydrogen (secondary N) is 1. The first-order valence-electron chi connectivity index (χ1n) is 7.46. The van der Waals surface area contributed by atoms with Crippen LogP contribution in [0.15, 0.2) is 42.5 Å². The first-order valence-corrected chi connectivity index (χ1v) is 7.46. The fraction of sp³-hybridized carbons (Fsp3) is 0.222. The van der Waals surface area contributed by atoms with Crippen molar-refractivity contribution in [2.75, 3.05) is 0 Å². The fourth-order valence-corrected chi connectivity index (χ4v) is 2.78. The van der Waals surface area contributed by atoms with Gasteiger partial charge >= 0.3 is 6.03 Å². The lowest BCUT2D eigenvalue weighted by atomic mass is 9.91. The van der Waals surface area contributed by atoms with Crippen LogP contribution in [0.25, 0.3) is 0 Å². The van der Waals surface area contributed by atoms with E-state index in [1.807, 2.05) is 31.2 Å². The van der Waals surface area contributed by atoms with Crippen LogP contribution >= 0.6 is 0 Å². The third-order valence-corrected chi connectivity index (χ3v) is 4.20. The molecule has 6 heteroatoms. The molecule has 0 radical (unpaired) electrons. The first-order chi connectivity index (χ1) is 11.3. The molecule has 1 heterocycles. The van der Waals surface area contributed by atoms with Gasteiger partial charge in [0, 0.05) is 5.56 Å². The van der Waals surface area contributed by atoms with Gasteiger partial charge in [0.25, 0.3) is 5.91 Å². The fourth-order valence-electron chi connectivity index (χ4n) is 2.78. The molecule has 1 atom stereocenters. The SMILES string of the molecule is Cc1ccc(CN2C(=O)N[C@@](C)(c3cc(F)ccc3F)C2=O)cc1. The Morgan fingerprint density at radius 1 is 1.08 bits per heavy atom. The summed E-state index contributed by atoms with van der Waals surface area (Å²) in [7, 11) is 0. The molecule has 4 nitrogen and oxygen atoms in total. The average molecular weight is 330 g/mol. The standard InChI is InChI=1S/C18H16F2N2O2/c1-11-3-5-12(6-4-11)10-22-16(23)18(2,21-17(22)24)14-9-13(19)7-8-15(14)20/h3-9H,10H2,1-2H3,(H,21,24)/t18-/m0/s1. The molecule has 0 aromatic heterocycles. The van der Waals surface area contributed by atoms with Crippen molar-refractivity contribution >= 4 is 11.9 Å². The second-order valence-electron chi connectivity index (χ2n) is 6.06. The molecular weight excluding hydrogens is 314 g/mol. The monoisotopic (exact) mass is 330 g/mol. The summed E-state index contributed by atoms with van der Waals surface area (Å²) in [5.41, 5.74) is 0.0106. The topological polar surface area (TPSA) is 49.4 Å². The number of halogens is 2. The molecule has 2 aromatic carbocycles. The van der Waals surface area contributed by atoms with Crippen LogP contribution in [0.5, 0.6) is 0 Å². The summed E-state index contributed by atoms with van der Waals surface area (Å²) in [5.74, 6) is -2.03. The normalized spacial score (nSPS) is 20.4. The summed E-state index contributed by atoms with van der Waals surface area (Å²) < 4.78 is 27.5. The minimum absolute atomic E-state index is 0.0669. The molecule has 1 saturated heterocycles. The lowest BCUT2D eigenvalue weighted by molar-refractivity contribution is -0.131. The van der Waals surface area contributed by atoms with Gasteiger partial charge in [0.2, 0.25) is 0 Å². The lowest BCUT2D eigenvalue weighted by Crippen LogP contribution is -2.41. The van der Waals surface area contributed by atoms with E-state index in [-0.39, 0.29) is 12.1 Å². The maximum Gasteiger partial charge on any atom is 0.325 e.